The highest BCUT2D eigenvalue weighted by atomic mass is 35.5. The maximum absolute atomic E-state index is 12.3. The Bertz CT molecular complexity index is 696. The molecule has 1 unspecified atom stereocenters. The Kier molecular flexibility index (Phi) is 4.51. The summed E-state index contributed by atoms with van der Waals surface area (Å²) < 4.78 is 0. The summed E-state index contributed by atoms with van der Waals surface area (Å²) >= 11 is 5.84. The summed E-state index contributed by atoms with van der Waals surface area (Å²) in [6.45, 7) is 3.40. The van der Waals surface area contributed by atoms with Crippen molar-refractivity contribution in [1.82, 2.24) is 15.3 Å². The number of halogens is 1. The molecule has 1 atom stereocenters. The third-order valence-electron chi connectivity index (χ3n) is 3.51. The lowest BCUT2D eigenvalue weighted by atomic mass is 9.87. The number of hydrogen-bond donors (Lipinski definition) is 3. The third-order valence-corrected chi connectivity index (χ3v) is 3.76. The lowest BCUT2D eigenvalue weighted by Crippen LogP contribution is -2.51. The van der Waals surface area contributed by atoms with Crippen molar-refractivity contribution in [3.63, 3.8) is 0 Å². The molecule has 0 aliphatic rings. The van der Waals surface area contributed by atoms with E-state index in [1.54, 1.807) is 38.1 Å². The fourth-order valence-electron chi connectivity index (χ4n) is 2.22. The topological polar surface area (TPSA) is 95.1 Å². The van der Waals surface area contributed by atoms with Crippen molar-refractivity contribution in [3.05, 3.63) is 52.6 Å². The predicted octanol–water partition coefficient (Wildman–Crippen LogP) is 2.49. The van der Waals surface area contributed by atoms with Crippen LogP contribution in [-0.2, 0) is 10.3 Å². The molecule has 3 N–H and O–H groups in total. The van der Waals surface area contributed by atoms with Gasteiger partial charge in [0.15, 0.2) is 5.54 Å². The predicted molar refractivity (Wildman–Crippen MR) is 81.8 cm³/mol. The van der Waals surface area contributed by atoms with Crippen LogP contribution in [0.1, 0.15) is 35.2 Å². The van der Waals surface area contributed by atoms with Crippen LogP contribution in [0.3, 0.4) is 0 Å². The largest absolute Gasteiger partial charge is 0.479 e. The molecule has 116 valence electrons. The molecule has 6 nitrogen and oxygen atoms in total. The molecule has 0 fully saturated rings. The number of aliphatic carboxylic acids is 1. The number of hydrogen-bond acceptors (Lipinski definition) is 3. The molecule has 1 heterocycles. The van der Waals surface area contributed by atoms with Crippen LogP contribution in [0.2, 0.25) is 5.02 Å². The molecule has 0 spiro atoms. The third kappa shape index (κ3) is 2.96. The summed E-state index contributed by atoms with van der Waals surface area (Å²) in [7, 11) is 0. The minimum atomic E-state index is -1.53. The van der Waals surface area contributed by atoms with Gasteiger partial charge in [-0.1, -0.05) is 30.7 Å². The maximum Gasteiger partial charge on any atom is 0.334 e. The maximum atomic E-state index is 12.3. The first-order valence-electron chi connectivity index (χ1n) is 6.72. The van der Waals surface area contributed by atoms with E-state index in [1.807, 2.05) is 0 Å². The Morgan fingerprint density at radius 3 is 2.45 bits per heavy atom. The fourth-order valence-corrected chi connectivity index (χ4v) is 2.35. The number of amides is 1. The average molecular weight is 322 g/mol. The zero-order valence-electron chi connectivity index (χ0n) is 12.2. The number of nitrogens with zero attached hydrogens (tertiary/aromatic N) is 1. The second kappa shape index (κ2) is 6.19. The lowest BCUT2D eigenvalue weighted by molar-refractivity contribution is -0.145. The van der Waals surface area contributed by atoms with Crippen molar-refractivity contribution in [3.8, 4) is 0 Å². The molecule has 1 amide bonds. The second-order valence-electron chi connectivity index (χ2n) is 4.91. The number of aromatic nitrogens is 2. The van der Waals surface area contributed by atoms with Crippen molar-refractivity contribution >= 4 is 23.5 Å². The van der Waals surface area contributed by atoms with Gasteiger partial charge < -0.3 is 15.4 Å². The number of carbonyl (C=O) groups excluding carboxylic acids is 1. The highest BCUT2D eigenvalue weighted by Gasteiger charge is 2.40. The first-order valence-corrected chi connectivity index (χ1v) is 7.10. The van der Waals surface area contributed by atoms with Gasteiger partial charge in [0, 0.05) is 5.02 Å². The summed E-state index contributed by atoms with van der Waals surface area (Å²) in [5, 5.41) is 12.8. The Labute approximate surface area is 132 Å². The van der Waals surface area contributed by atoms with Crippen LogP contribution in [-0.4, -0.2) is 27.0 Å². The Morgan fingerprint density at radius 2 is 2.00 bits per heavy atom. The number of benzene rings is 1. The minimum absolute atomic E-state index is 0.183. The van der Waals surface area contributed by atoms with Gasteiger partial charge in [-0.05, 0) is 31.0 Å². The summed E-state index contributed by atoms with van der Waals surface area (Å²) in [4.78, 5) is 30.9. The second-order valence-corrected chi connectivity index (χ2v) is 5.34. The minimum Gasteiger partial charge on any atom is -0.479 e. The molecule has 0 saturated heterocycles. The van der Waals surface area contributed by atoms with Gasteiger partial charge in [-0.15, -0.1) is 0 Å². The van der Waals surface area contributed by atoms with E-state index < -0.39 is 17.4 Å². The average Bonchev–Trinajstić information content (AvgIpc) is 2.92. The number of carbonyl (C=O) groups is 2. The first kappa shape index (κ1) is 16.0. The SMILES string of the molecule is CCC(NC(=O)c1cnc(C)[nH]1)(C(=O)O)c1ccc(Cl)cc1. The summed E-state index contributed by atoms with van der Waals surface area (Å²) in [6, 6.07) is 6.38. The number of imidazole rings is 1. The van der Waals surface area contributed by atoms with E-state index in [9.17, 15) is 14.7 Å². The van der Waals surface area contributed by atoms with Gasteiger partial charge in [-0.2, -0.15) is 0 Å². The fraction of sp³-hybridized carbons (Fsp3) is 0.267. The molecule has 1 aromatic carbocycles. The standard InChI is InChI=1S/C15H16ClN3O3/c1-3-15(14(21)22,10-4-6-11(16)7-5-10)19-13(20)12-8-17-9(2)18-12/h4-8H,3H2,1-2H3,(H,17,18)(H,19,20)(H,21,22). The van der Waals surface area contributed by atoms with E-state index in [0.29, 0.717) is 16.4 Å². The van der Waals surface area contributed by atoms with Crippen molar-refractivity contribution in [2.24, 2.45) is 0 Å². The van der Waals surface area contributed by atoms with Crippen LogP contribution < -0.4 is 5.32 Å². The normalized spacial score (nSPS) is 13.4. The lowest BCUT2D eigenvalue weighted by Gasteiger charge is -2.29. The molecule has 0 aliphatic carbocycles. The number of aryl methyl sites for hydroxylation is 1. The molecule has 2 aromatic rings. The summed E-state index contributed by atoms with van der Waals surface area (Å²) in [5.74, 6) is -1.09. The quantitative estimate of drug-likeness (QED) is 0.788. The molecular weight excluding hydrogens is 306 g/mol. The Morgan fingerprint density at radius 1 is 1.36 bits per heavy atom. The molecule has 0 aliphatic heterocycles. The summed E-state index contributed by atoms with van der Waals surface area (Å²) in [6.07, 6.45) is 1.55. The molecule has 22 heavy (non-hydrogen) atoms. The van der Waals surface area contributed by atoms with E-state index in [-0.39, 0.29) is 12.1 Å². The smallest absolute Gasteiger partial charge is 0.334 e. The zero-order chi connectivity index (χ0) is 16.3. The Hall–Kier alpha value is -2.34. The van der Waals surface area contributed by atoms with Crippen LogP contribution in [0.15, 0.2) is 30.5 Å². The molecule has 0 radical (unpaired) electrons. The van der Waals surface area contributed by atoms with Crippen LogP contribution in [0.4, 0.5) is 0 Å². The van der Waals surface area contributed by atoms with E-state index in [2.05, 4.69) is 15.3 Å². The van der Waals surface area contributed by atoms with Crippen LogP contribution >= 0.6 is 11.6 Å². The van der Waals surface area contributed by atoms with Gasteiger partial charge in [0.05, 0.1) is 6.20 Å². The van der Waals surface area contributed by atoms with Crippen LogP contribution in [0.25, 0.3) is 0 Å². The zero-order valence-corrected chi connectivity index (χ0v) is 12.9. The van der Waals surface area contributed by atoms with E-state index in [4.69, 9.17) is 11.6 Å². The van der Waals surface area contributed by atoms with Crippen molar-refractivity contribution in [1.29, 1.82) is 0 Å². The molecule has 7 heteroatoms. The van der Waals surface area contributed by atoms with E-state index in [1.165, 1.54) is 6.20 Å². The van der Waals surface area contributed by atoms with Gasteiger partial charge in [-0.25, -0.2) is 9.78 Å². The van der Waals surface area contributed by atoms with Crippen molar-refractivity contribution in [2.75, 3.05) is 0 Å². The monoisotopic (exact) mass is 321 g/mol. The Balaban J connectivity index is 2.39. The highest BCUT2D eigenvalue weighted by Crippen LogP contribution is 2.27. The van der Waals surface area contributed by atoms with Gasteiger partial charge >= 0.3 is 5.97 Å². The number of H-pyrrole nitrogens is 1. The van der Waals surface area contributed by atoms with E-state index in [0.717, 1.165) is 0 Å². The molecule has 0 saturated carbocycles. The number of nitrogens with one attached hydrogen (secondary N) is 2. The van der Waals surface area contributed by atoms with Gasteiger partial charge in [-0.3, -0.25) is 4.79 Å². The molecule has 1 aromatic heterocycles. The van der Waals surface area contributed by atoms with Gasteiger partial charge in [0.25, 0.3) is 5.91 Å². The number of rotatable bonds is 5. The van der Waals surface area contributed by atoms with Gasteiger partial charge in [0.1, 0.15) is 11.5 Å². The van der Waals surface area contributed by atoms with Crippen molar-refractivity contribution in [2.45, 2.75) is 25.8 Å². The van der Waals surface area contributed by atoms with Gasteiger partial charge in [0.2, 0.25) is 0 Å². The van der Waals surface area contributed by atoms with Crippen LogP contribution in [0, 0.1) is 6.92 Å². The summed E-state index contributed by atoms with van der Waals surface area (Å²) in [5.41, 5.74) is -0.859. The highest BCUT2D eigenvalue weighted by molar-refractivity contribution is 6.30. The van der Waals surface area contributed by atoms with Crippen molar-refractivity contribution < 1.29 is 14.7 Å². The molecular formula is C15H16ClN3O3. The number of aromatic amines is 1. The first-order chi connectivity index (χ1) is 10.4. The number of carboxylic acids is 1. The molecule has 2 rings (SSSR count). The van der Waals surface area contributed by atoms with Crippen LogP contribution in [0.5, 0.6) is 0 Å². The van der Waals surface area contributed by atoms with E-state index >= 15 is 0 Å². The molecule has 0 bridgehead atoms. The number of carboxylic acid groups (broad SMARTS) is 1.